The molecule has 0 spiro atoms. The standard InChI is InChI=1S/C18H12N2O6/c21-17(19-13-3-1-2-12(10-13)18(22)23)16-9-8-15(26-16)11-4-6-14(7-5-11)20(24)25/h1-10H,(H,19,21)(H,22,23). The van der Waals surface area contributed by atoms with Crippen molar-refractivity contribution in [2.75, 3.05) is 5.32 Å². The molecule has 0 aliphatic carbocycles. The summed E-state index contributed by atoms with van der Waals surface area (Å²) in [5.41, 5.74) is 0.913. The maximum atomic E-state index is 12.2. The van der Waals surface area contributed by atoms with Gasteiger partial charge in [0.2, 0.25) is 0 Å². The van der Waals surface area contributed by atoms with Crippen LogP contribution in [0.25, 0.3) is 11.3 Å². The third-order valence-electron chi connectivity index (χ3n) is 3.56. The first-order valence-electron chi connectivity index (χ1n) is 7.43. The minimum Gasteiger partial charge on any atom is -0.478 e. The van der Waals surface area contributed by atoms with Crippen molar-refractivity contribution in [1.29, 1.82) is 0 Å². The van der Waals surface area contributed by atoms with Crippen molar-refractivity contribution in [3.8, 4) is 11.3 Å². The highest BCUT2D eigenvalue weighted by Crippen LogP contribution is 2.25. The van der Waals surface area contributed by atoms with Crippen LogP contribution in [0.4, 0.5) is 11.4 Å². The monoisotopic (exact) mass is 352 g/mol. The molecule has 0 aliphatic rings. The number of carbonyl (C=O) groups excluding carboxylic acids is 1. The highest BCUT2D eigenvalue weighted by Gasteiger charge is 2.14. The van der Waals surface area contributed by atoms with E-state index in [1.165, 1.54) is 48.5 Å². The molecule has 1 aromatic heterocycles. The van der Waals surface area contributed by atoms with E-state index in [1.54, 1.807) is 12.1 Å². The van der Waals surface area contributed by atoms with Crippen LogP contribution in [-0.2, 0) is 0 Å². The van der Waals surface area contributed by atoms with Gasteiger partial charge < -0.3 is 14.8 Å². The summed E-state index contributed by atoms with van der Waals surface area (Å²) in [5, 5.41) is 22.2. The van der Waals surface area contributed by atoms with E-state index in [1.807, 2.05) is 0 Å². The van der Waals surface area contributed by atoms with Gasteiger partial charge >= 0.3 is 5.97 Å². The first kappa shape index (κ1) is 16.9. The fourth-order valence-corrected chi connectivity index (χ4v) is 2.29. The Kier molecular flexibility index (Phi) is 4.48. The molecule has 26 heavy (non-hydrogen) atoms. The van der Waals surface area contributed by atoms with Gasteiger partial charge in [-0.15, -0.1) is 0 Å². The number of non-ortho nitro benzene ring substituents is 1. The largest absolute Gasteiger partial charge is 0.478 e. The Morgan fingerprint density at radius 1 is 1.04 bits per heavy atom. The van der Waals surface area contributed by atoms with Crippen LogP contribution in [0, 0.1) is 10.1 Å². The Morgan fingerprint density at radius 2 is 1.77 bits per heavy atom. The number of rotatable bonds is 5. The predicted octanol–water partition coefficient (Wildman–Crippen LogP) is 3.81. The SMILES string of the molecule is O=C(O)c1cccc(NC(=O)c2ccc(-c3ccc([N+](=O)[O-])cc3)o2)c1. The van der Waals surface area contributed by atoms with Crippen LogP contribution in [0.3, 0.4) is 0 Å². The van der Waals surface area contributed by atoms with E-state index in [0.717, 1.165) is 0 Å². The van der Waals surface area contributed by atoms with Crippen LogP contribution in [0.15, 0.2) is 65.1 Å². The molecule has 1 amide bonds. The molecular weight excluding hydrogens is 340 g/mol. The molecule has 2 aromatic carbocycles. The molecule has 3 rings (SSSR count). The van der Waals surface area contributed by atoms with Gasteiger partial charge in [-0.05, 0) is 42.5 Å². The fraction of sp³-hybridized carbons (Fsp3) is 0. The number of amides is 1. The van der Waals surface area contributed by atoms with Gasteiger partial charge in [0.25, 0.3) is 11.6 Å². The van der Waals surface area contributed by atoms with Gasteiger partial charge in [-0.3, -0.25) is 14.9 Å². The maximum Gasteiger partial charge on any atom is 0.335 e. The second kappa shape index (κ2) is 6.89. The van der Waals surface area contributed by atoms with Crippen LogP contribution in [0.5, 0.6) is 0 Å². The number of carboxylic acid groups (broad SMARTS) is 1. The molecule has 0 fully saturated rings. The summed E-state index contributed by atoms with van der Waals surface area (Å²) in [6.45, 7) is 0. The first-order valence-corrected chi connectivity index (χ1v) is 7.43. The lowest BCUT2D eigenvalue weighted by Gasteiger charge is -2.04. The lowest BCUT2D eigenvalue weighted by molar-refractivity contribution is -0.384. The van der Waals surface area contributed by atoms with Gasteiger partial charge in [0, 0.05) is 23.4 Å². The Bertz CT molecular complexity index is 991. The lowest BCUT2D eigenvalue weighted by Crippen LogP contribution is -2.11. The Labute approximate surface area is 146 Å². The second-order valence-corrected chi connectivity index (χ2v) is 5.31. The van der Waals surface area contributed by atoms with E-state index < -0.39 is 16.8 Å². The quantitative estimate of drug-likeness (QED) is 0.532. The van der Waals surface area contributed by atoms with Crippen molar-refractivity contribution in [1.82, 2.24) is 0 Å². The van der Waals surface area contributed by atoms with Crippen LogP contribution in [0.1, 0.15) is 20.9 Å². The van der Waals surface area contributed by atoms with E-state index in [-0.39, 0.29) is 17.0 Å². The molecule has 0 radical (unpaired) electrons. The van der Waals surface area contributed by atoms with Gasteiger partial charge in [0.15, 0.2) is 5.76 Å². The van der Waals surface area contributed by atoms with Gasteiger partial charge in [-0.1, -0.05) is 6.07 Å². The number of nitrogens with zero attached hydrogens (tertiary/aromatic N) is 1. The number of furan rings is 1. The smallest absolute Gasteiger partial charge is 0.335 e. The van der Waals surface area contributed by atoms with E-state index >= 15 is 0 Å². The molecule has 8 heteroatoms. The van der Waals surface area contributed by atoms with Crippen molar-refractivity contribution < 1.29 is 24.0 Å². The third-order valence-corrected chi connectivity index (χ3v) is 3.56. The van der Waals surface area contributed by atoms with Crippen LogP contribution in [0.2, 0.25) is 0 Å². The molecule has 2 N–H and O–H groups in total. The number of hydrogen-bond acceptors (Lipinski definition) is 5. The van der Waals surface area contributed by atoms with E-state index in [9.17, 15) is 19.7 Å². The van der Waals surface area contributed by atoms with Crippen molar-refractivity contribution in [3.05, 3.63) is 82.1 Å². The molecular formula is C18H12N2O6. The zero-order valence-electron chi connectivity index (χ0n) is 13.2. The van der Waals surface area contributed by atoms with Crippen LogP contribution in [-0.4, -0.2) is 21.9 Å². The Hall–Kier alpha value is -3.94. The zero-order chi connectivity index (χ0) is 18.7. The first-order chi connectivity index (χ1) is 12.4. The van der Waals surface area contributed by atoms with Gasteiger partial charge in [-0.2, -0.15) is 0 Å². The normalized spacial score (nSPS) is 10.3. The summed E-state index contributed by atoms with van der Waals surface area (Å²) in [6.07, 6.45) is 0. The third kappa shape index (κ3) is 3.59. The highest BCUT2D eigenvalue weighted by atomic mass is 16.6. The number of anilines is 1. The van der Waals surface area contributed by atoms with Crippen molar-refractivity contribution in [3.63, 3.8) is 0 Å². The number of nitro benzene ring substituents is 1. The highest BCUT2D eigenvalue weighted by molar-refractivity contribution is 6.03. The van der Waals surface area contributed by atoms with Crippen LogP contribution < -0.4 is 5.32 Å². The van der Waals surface area contributed by atoms with Crippen molar-refractivity contribution in [2.45, 2.75) is 0 Å². The minimum atomic E-state index is -1.10. The number of benzene rings is 2. The van der Waals surface area contributed by atoms with E-state index in [4.69, 9.17) is 9.52 Å². The molecule has 3 aromatic rings. The molecule has 0 unspecified atom stereocenters. The summed E-state index contributed by atoms with van der Waals surface area (Å²) in [6, 6.07) is 14.6. The van der Waals surface area contributed by atoms with Crippen LogP contribution >= 0.6 is 0 Å². The van der Waals surface area contributed by atoms with E-state index in [0.29, 0.717) is 17.0 Å². The number of carbonyl (C=O) groups is 2. The minimum absolute atomic E-state index is 0.0269. The van der Waals surface area contributed by atoms with E-state index in [2.05, 4.69) is 5.32 Å². The molecule has 0 saturated heterocycles. The topological polar surface area (TPSA) is 123 Å². The number of nitro groups is 1. The molecule has 1 heterocycles. The average molecular weight is 352 g/mol. The zero-order valence-corrected chi connectivity index (χ0v) is 13.2. The number of carboxylic acids is 1. The summed E-state index contributed by atoms with van der Waals surface area (Å²) in [5.74, 6) is -1.23. The van der Waals surface area contributed by atoms with Gasteiger partial charge in [0.05, 0.1) is 10.5 Å². The summed E-state index contributed by atoms with van der Waals surface area (Å²) < 4.78 is 5.48. The Balaban J connectivity index is 1.76. The number of hydrogen-bond donors (Lipinski definition) is 2. The molecule has 0 saturated carbocycles. The fourth-order valence-electron chi connectivity index (χ4n) is 2.29. The summed E-state index contributed by atoms with van der Waals surface area (Å²) in [4.78, 5) is 33.4. The molecule has 8 nitrogen and oxygen atoms in total. The summed E-state index contributed by atoms with van der Waals surface area (Å²) >= 11 is 0. The number of nitrogens with one attached hydrogen (secondary N) is 1. The molecule has 0 atom stereocenters. The van der Waals surface area contributed by atoms with Crippen molar-refractivity contribution in [2.24, 2.45) is 0 Å². The second-order valence-electron chi connectivity index (χ2n) is 5.31. The molecule has 0 aliphatic heterocycles. The Morgan fingerprint density at radius 3 is 2.42 bits per heavy atom. The predicted molar refractivity (Wildman–Crippen MR) is 92.2 cm³/mol. The maximum absolute atomic E-state index is 12.2. The summed E-state index contributed by atoms with van der Waals surface area (Å²) in [7, 11) is 0. The molecule has 0 bridgehead atoms. The number of aromatic carboxylic acids is 1. The average Bonchev–Trinajstić information content (AvgIpc) is 3.12. The molecule has 130 valence electrons. The van der Waals surface area contributed by atoms with Gasteiger partial charge in [-0.25, -0.2) is 4.79 Å². The van der Waals surface area contributed by atoms with Gasteiger partial charge in [0.1, 0.15) is 5.76 Å². The lowest BCUT2D eigenvalue weighted by atomic mass is 10.1. The van der Waals surface area contributed by atoms with Crippen molar-refractivity contribution >= 4 is 23.3 Å².